The third kappa shape index (κ3) is 6.74. The Kier molecular flexibility index (Phi) is 9.32. The van der Waals surface area contributed by atoms with Crippen molar-refractivity contribution in [2.45, 2.75) is 45.2 Å². The molecule has 12 heteroatoms. The van der Waals surface area contributed by atoms with Crippen LogP contribution in [-0.2, 0) is 17.7 Å². The van der Waals surface area contributed by atoms with Gasteiger partial charge >= 0.3 is 5.97 Å². The molecule has 0 spiro atoms. The van der Waals surface area contributed by atoms with E-state index in [0.717, 1.165) is 40.8 Å². The summed E-state index contributed by atoms with van der Waals surface area (Å²) in [7, 11) is 1.23. The number of amides is 3. The van der Waals surface area contributed by atoms with Crippen molar-refractivity contribution in [2.24, 2.45) is 5.73 Å². The van der Waals surface area contributed by atoms with Crippen molar-refractivity contribution in [3.63, 3.8) is 0 Å². The van der Waals surface area contributed by atoms with Gasteiger partial charge in [-0.1, -0.05) is 13.0 Å². The molecular formula is C35H35N5O6S. The SMILES string of the molecule is CCCNC(=O)c1ccc(-c2cc3c(cc2C(=O)Nc2ccc(CN)cc2C(=O)NC2CC2)-c2sccc2CCO3)c(C(=O)OC)n1. The molecule has 5 N–H and O–H groups in total. The summed E-state index contributed by atoms with van der Waals surface area (Å²) < 4.78 is 11.2. The molecule has 242 valence electrons. The number of methoxy groups -OCH3 is 1. The van der Waals surface area contributed by atoms with E-state index >= 15 is 0 Å². The van der Waals surface area contributed by atoms with Gasteiger partial charge in [0.05, 0.1) is 25.0 Å². The predicted molar refractivity (Wildman–Crippen MR) is 179 cm³/mol. The number of aromatic nitrogens is 1. The van der Waals surface area contributed by atoms with E-state index in [9.17, 15) is 19.2 Å². The molecule has 0 radical (unpaired) electrons. The van der Waals surface area contributed by atoms with Gasteiger partial charge < -0.3 is 31.2 Å². The molecule has 1 saturated carbocycles. The van der Waals surface area contributed by atoms with Gasteiger partial charge in [0.1, 0.15) is 11.4 Å². The normalized spacial score (nSPS) is 13.3. The van der Waals surface area contributed by atoms with E-state index in [0.29, 0.717) is 42.1 Å². The first-order chi connectivity index (χ1) is 22.8. The highest BCUT2D eigenvalue weighted by molar-refractivity contribution is 7.13. The fraction of sp³-hybridized carbons (Fsp3) is 0.286. The number of nitrogens with zero attached hydrogens (tertiary/aromatic N) is 1. The summed E-state index contributed by atoms with van der Waals surface area (Å²) in [6, 6.07) is 13.8. The Balaban J connectivity index is 1.49. The summed E-state index contributed by atoms with van der Waals surface area (Å²) >= 11 is 1.55. The zero-order valence-corrected chi connectivity index (χ0v) is 26.9. The molecule has 1 aliphatic heterocycles. The number of carbonyl (C=O) groups excluding carboxylic acids is 4. The van der Waals surface area contributed by atoms with Gasteiger partial charge in [-0.15, -0.1) is 11.3 Å². The van der Waals surface area contributed by atoms with Crippen LogP contribution in [0.2, 0.25) is 0 Å². The average molecular weight is 654 g/mol. The summed E-state index contributed by atoms with van der Waals surface area (Å²) in [5.41, 5.74) is 9.80. The highest BCUT2D eigenvalue weighted by Gasteiger charge is 2.29. The maximum atomic E-state index is 14.3. The number of nitrogens with one attached hydrogen (secondary N) is 3. The second kappa shape index (κ2) is 13.7. The summed E-state index contributed by atoms with van der Waals surface area (Å²) in [5.74, 6) is -1.49. The van der Waals surface area contributed by atoms with Crippen LogP contribution in [0.5, 0.6) is 5.75 Å². The van der Waals surface area contributed by atoms with Gasteiger partial charge in [0, 0.05) is 52.7 Å². The summed E-state index contributed by atoms with van der Waals surface area (Å²) in [5, 5.41) is 10.7. The van der Waals surface area contributed by atoms with Gasteiger partial charge in [0.25, 0.3) is 17.7 Å². The van der Waals surface area contributed by atoms with E-state index in [1.165, 1.54) is 13.2 Å². The Bertz CT molecular complexity index is 1880. The minimum absolute atomic E-state index is 0.0362. The van der Waals surface area contributed by atoms with E-state index in [1.54, 1.807) is 47.7 Å². The van der Waals surface area contributed by atoms with Crippen LogP contribution in [0.25, 0.3) is 21.6 Å². The predicted octanol–water partition coefficient (Wildman–Crippen LogP) is 4.94. The fourth-order valence-corrected chi connectivity index (χ4v) is 6.38. The van der Waals surface area contributed by atoms with Crippen LogP contribution < -0.4 is 26.4 Å². The number of pyridine rings is 1. The largest absolute Gasteiger partial charge is 0.493 e. The van der Waals surface area contributed by atoms with Crippen molar-refractivity contribution in [3.05, 3.63) is 87.6 Å². The molecule has 0 bridgehead atoms. The lowest BCUT2D eigenvalue weighted by Crippen LogP contribution is -2.27. The van der Waals surface area contributed by atoms with Crippen molar-refractivity contribution >= 4 is 40.7 Å². The molecule has 1 fully saturated rings. The van der Waals surface area contributed by atoms with Gasteiger partial charge in [-0.2, -0.15) is 0 Å². The highest BCUT2D eigenvalue weighted by Crippen LogP contribution is 2.43. The number of rotatable bonds is 10. The van der Waals surface area contributed by atoms with Crippen LogP contribution in [0.1, 0.15) is 79.0 Å². The van der Waals surface area contributed by atoms with Crippen LogP contribution in [0.4, 0.5) is 5.69 Å². The van der Waals surface area contributed by atoms with Crippen molar-refractivity contribution in [2.75, 3.05) is 25.6 Å². The Morgan fingerprint density at radius 3 is 2.55 bits per heavy atom. The lowest BCUT2D eigenvalue weighted by atomic mass is 9.93. The maximum absolute atomic E-state index is 14.3. The molecular weight excluding hydrogens is 618 g/mol. The lowest BCUT2D eigenvalue weighted by Gasteiger charge is -2.18. The molecule has 6 rings (SSSR count). The van der Waals surface area contributed by atoms with Crippen molar-refractivity contribution in [1.29, 1.82) is 0 Å². The third-order valence-corrected chi connectivity index (χ3v) is 9.03. The molecule has 4 aromatic rings. The summed E-state index contributed by atoms with van der Waals surface area (Å²) in [4.78, 5) is 58.8. The number of ether oxygens (including phenoxy) is 2. The van der Waals surface area contributed by atoms with Crippen LogP contribution in [-0.4, -0.2) is 55.0 Å². The molecule has 11 nitrogen and oxygen atoms in total. The van der Waals surface area contributed by atoms with Crippen molar-refractivity contribution in [1.82, 2.24) is 15.6 Å². The van der Waals surface area contributed by atoms with Gasteiger partial charge in [-0.05, 0) is 78.2 Å². The average Bonchev–Trinajstić information content (AvgIpc) is 3.83. The van der Waals surface area contributed by atoms with Gasteiger partial charge in [-0.3, -0.25) is 14.4 Å². The van der Waals surface area contributed by atoms with Crippen LogP contribution >= 0.6 is 11.3 Å². The van der Waals surface area contributed by atoms with Crippen molar-refractivity contribution < 1.29 is 28.7 Å². The van der Waals surface area contributed by atoms with E-state index in [1.807, 2.05) is 18.4 Å². The molecule has 2 aromatic carbocycles. The zero-order valence-electron chi connectivity index (χ0n) is 26.1. The number of anilines is 1. The summed E-state index contributed by atoms with van der Waals surface area (Å²) in [6.07, 6.45) is 3.23. The Morgan fingerprint density at radius 1 is 0.979 bits per heavy atom. The van der Waals surface area contributed by atoms with Gasteiger partial charge in [0.15, 0.2) is 5.69 Å². The molecule has 2 aromatic heterocycles. The van der Waals surface area contributed by atoms with E-state index in [-0.39, 0.29) is 41.0 Å². The molecule has 1 aliphatic carbocycles. The number of fused-ring (bicyclic) bond motifs is 3. The fourth-order valence-electron chi connectivity index (χ4n) is 5.41. The summed E-state index contributed by atoms with van der Waals surface area (Å²) in [6.45, 7) is 3.02. The van der Waals surface area contributed by atoms with Crippen LogP contribution in [0.15, 0.2) is 53.9 Å². The smallest absolute Gasteiger partial charge is 0.357 e. The third-order valence-electron chi connectivity index (χ3n) is 8.04. The topological polar surface area (TPSA) is 162 Å². The van der Waals surface area contributed by atoms with E-state index in [2.05, 4.69) is 20.9 Å². The number of hydrogen-bond donors (Lipinski definition) is 4. The van der Waals surface area contributed by atoms with E-state index in [4.69, 9.17) is 15.2 Å². The molecule has 0 unspecified atom stereocenters. The Labute approximate surface area is 275 Å². The van der Waals surface area contributed by atoms with Crippen LogP contribution in [0, 0.1) is 0 Å². The monoisotopic (exact) mass is 653 g/mol. The Morgan fingerprint density at radius 2 is 1.81 bits per heavy atom. The number of thiophene rings is 1. The molecule has 3 heterocycles. The van der Waals surface area contributed by atoms with Crippen LogP contribution in [0.3, 0.4) is 0 Å². The molecule has 2 aliphatic rings. The second-order valence-corrected chi connectivity index (χ2v) is 12.3. The quantitative estimate of drug-likeness (QED) is 0.175. The maximum Gasteiger partial charge on any atom is 0.357 e. The molecule has 0 saturated heterocycles. The number of carbonyl (C=O) groups is 4. The van der Waals surface area contributed by atoms with Gasteiger partial charge in [-0.25, -0.2) is 9.78 Å². The molecule has 47 heavy (non-hydrogen) atoms. The van der Waals surface area contributed by atoms with Gasteiger partial charge in [0.2, 0.25) is 0 Å². The van der Waals surface area contributed by atoms with E-state index < -0.39 is 17.8 Å². The first kappa shape index (κ1) is 31.9. The minimum Gasteiger partial charge on any atom is -0.493 e. The standard InChI is InChI=1S/C35H35N5O6S/c1-3-12-37-34(43)28-9-7-22(30(39-28)35(44)45-2)23-17-29-26(31-20(10-13-46-29)11-14-47-31)16-24(23)32(41)40-27-8-4-19(18-36)15-25(27)33(42)38-21-5-6-21/h4,7-9,11,14-17,21H,3,5-6,10,12-13,18,36H2,1-2H3,(H,37,43)(H,38,42)(H,40,41). The molecule has 3 amide bonds. The lowest BCUT2D eigenvalue weighted by molar-refractivity contribution is 0.0594. The molecule has 0 atom stereocenters. The first-order valence-corrected chi connectivity index (χ1v) is 16.4. The highest BCUT2D eigenvalue weighted by atomic mass is 32.1. The second-order valence-electron chi connectivity index (χ2n) is 11.4. The minimum atomic E-state index is -0.774. The number of benzene rings is 2. The zero-order chi connectivity index (χ0) is 33.1. The number of hydrogen-bond acceptors (Lipinski definition) is 9. The number of nitrogens with two attached hydrogens (primary N) is 1. The van der Waals surface area contributed by atoms with Crippen molar-refractivity contribution in [3.8, 4) is 27.3 Å². The number of esters is 1. The Hall–Kier alpha value is -5.07. The first-order valence-electron chi connectivity index (χ1n) is 15.5.